The zero-order valence-corrected chi connectivity index (χ0v) is 17.8. The van der Waals surface area contributed by atoms with Crippen LogP contribution in [-0.4, -0.2) is 60.9 Å². The Hall–Kier alpha value is -2.78. The highest BCUT2D eigenvalue weighted by atomic mass is 32.1. The molecule has 0 radical (unpaired) electrons. The molecule has 1 N–H and O–H groups in total. The van der Waals surface area contributed by atoms with Crippen molar-refractivity contribution in [3.05, 3.63) is 58.0 Å². The topological polar surface area (TPSA) is 74.2 Å². The SMILES string of the molecule is CCNC(=O)N(CCOC)CC(=O)N1N=C(c2cccs2)C[C@@H]1c1ccc(F)cc1. The Morgan fingerprint density at radius 1 is 1.33 bits per heavy atom. The van der Waals surface area contributed by atoms with Crippen LogP contribution in [-0.2, 0) is 9.53 Å². The quantitative estimate of drug-likeness (QED) is 0.696. The third kappa shape index (κ3) is 5.22. The van der Waals surface area contributed by atoms with E-state index in [1.54, 1.807) is 30.6 Å². The molecule has 1 atom stereocenters. The largest absolute Gasteiger partial charge is 0.383 e. The number of carbonyl (C=O) groups excluding carboxylic acids is 2. The number of rotatable bonds is 8. The van der Waals surface area contributed by atoms with Crippen LogP contribution < -0.4 is 5.32 Å². The Morgan fingerprint density at radius 3 is 2.73 bits per heavy atom. The number of thiophene rings is 1. The lowest BCUT2D eigenvalue weighted by Gasteiger charge is -2.27. The van der Waals surface area contributed by atoms with Crippen molar-refractivity contribution in [3.63, 3.8) is 0 Å². The fraction of sp³-hybridized carbons (Fsp3) is 0.381. The summed E-state index contributed by atoms with van der Waals surface area (Å²) in [5, 5.41) is 10.7. The van der Waals surface area contributed by atoms with Gasteiger partial charge in [-0.1, -0.05) is 18.2 Å². The highest BCUT2D eigenvalue weighted by Gasteiger charge is 2.34. The molecule has 0 unspecified atom stereocenters. The van der Waals surface area contributed by atoms with Crippen molar-refractivity contribution in [2.75, 3.05) is 33.4 Å². The van der Waals surface area contributed by atoms with Crippen molar-refractivity contribution >= 4 is 29.0 Å². The van der Waals surface area contributed by atoms with E-state index in [0.29, 0.717) is 19.6 Å². The summed E-state index contributed by atoms with van der Waals surface area (Å²) in [4.78, 5) is 27.9. The monoisotopic (exact) mass is 432 g/mol. The fourth-order valence-electron chi connectivity index (χ4n) is 3.23. The van der Waals surface area contributed by atoms with Crippen LogP contribution in [0.5, 0.6) is 0 Å². The molecule has 3 rings (SSSR count). The Kier molecular flexibility index (Phi) is 7.53. The highest BCUT2D eigenvalue weighted by molar-refractivity contribution is 7.12. The average Bonchev–Trinajstić information content (AvgIpc) is 3.41. The molecule has 3 amide bonds. The predicted octanol–water partition coefficient (Wildman–Crippen LogP) is 3.24. The van der Waals surface area contributed by atoms with Crippen LogP contribution in [0.3, 0.4) is 0 Å². The second kappa shape index (κ2) is 10.3. The van der Waals surface area contributed by atoms with Gasteiger partial charge in [-0.3, -0.25) is 4.79 Å². The first-order valence-electron chi connectivity index (χ1n) is 9.74. The van der Waals surface area contributed by atoms with E-state index in [2.05, 4.69) is 10.4 Å². The van der Waals surface area contributed by atoms with Crippen molar-refractivity contribution < 1.29 is 18.7 Å². The summed E-state index contributed by atoms with van der Waals surface area (Å²) in [5.41, 5.74) is 1.59. The van der Waals surface area contributed by atoms with Gasteiger partial charge in [-0.05, 0) is 36.1 Å². The number of nitrogens with zero attached hydrogens (tertiary/aromatic N) is 3. The minimum atomic E-state index is -0.353. The van der Waals surface area contributed by atoms with Gasteiger partial charge in [0.2, 0.25) is 0 Å². The lowest BCUT2D eigenvalue weighted by molar-refractivity contribution is -0.133. The molecule has 160 valence electrons. The molecule has 7 nitrogen and oxygen atoms in total. The number of ether oxygens (including phenoxy) is 1. The normalized spacial score (nSPS) is 15.8. The highest BCUT2D eigenvalue weighted by Crippen LogP contribution is 2.34. The summed E-state index contributed by atoms with van der Waals surface area (Å²) >= 11 is 1.55. The number of amides is 3. The van der Waals surface area contributed by atoms with E-state index in [-0.39, 0.29) is 36.9 Å². The molecule has 0 fully saturated rings. The van der Waals surface area contributed by atoms with Gasteiger partial charge in [0, 0.05) is 26.6 Å². The zero-order valence-electron chi connectivity index (χ0n) is 17.0. The number of halogens is 1. The molecule has 0 saturated heterocycles. The van der Waals surface area contributed by atoms with Crippen LogP contribution in [0, 0.1) is 5.82 Å². The summed E-state index contributed by atoms with van der Waals surface area (Å²) in [6, 6.07) is 9.29. The van der Waals surface area contributed by atoms with Gasteiger partial charge in [0.25, 0.3) is 5.91 Å². The number of hydrogen-bond donors (Lipinski definition) is 1. The van der Waals surface area contributed by atoms with E-state index >= 15 is 0 Å². The van der Waals surface area contributed by atoms with Gasteiger partial charge >= 0.3 is 6.03 Å². The molecule has 0 saturated carbocycles. The number of nitrogens with one attached hydrogen (secondary N) is 1. The number of hydrazone groups is 1. The third-order valence-electron chi connectivity index (χ3n) is 4.73. The van der Waals surface area contributed by atoms with E-state index in [1.165, 1.54) is 22.0 Å². The smallest absolute Gasteiger partial charge is 0.317 e. The van der Waals surface area contributed by atoms with Crippen molar-refractivity contribution in [2.24, 2.45) is 5.10 Å². The number of carbonyl (C=O) groups is 2. The summed E-state index contributed by atoms with van der Waals surface area (Å²) in [5.74, 6) is -0.644. The number of benzene rings is 1. The van der Waals surface area contributed by atoms with Gasteiger partial charge in [0.05, 0.1) is 23.2 Å². The summed E-state index contributed by atoms with van der Waals surface area (Å²) < 4.78 is 18.5. The van der Waals surface area contributed by atoms with E-state index in [9.17, 15) is 14.0 Å². The first-order chi connectivity index (χ1) is 14.5. The molecule has 2 heterocycles. The summed E-state index contributed by atoms with van der Waals surface area (Å²) in [6.07, 6.45) is 0.525. The summed E-state index contributed by atoms with van der Waals surface area (Å²) in [7, 11) is 1.54. The van der Waals surface area contributed by atoms with Crippen LogP contribution in [0.4, 0.5) is 9.18 Å². The number of methoxy groups -OCH3 is 1. The Morgan fingerprint density at radius 2 is 2.10 bits per heavy atom. The average molecular weight is 433 g/mol. The third-order valence-corrected chi connectivity index (χ3v) is 5.65. The molecule has 1 aromatic heterocycles. The first-order valence-corrected chi connectivity index (χ1v) is 10.6. The van der Waals surface area contributed by atoms with Crippen molar-refractivity contribution in [3.8, 4) is 0 Å². The maximum Gasteiger partial charge on any atom is 0.317 e. The van der Waals surface area contributed by atoms with E-state index in [1.807, 2.05) is 24.4 Å². The molecule has 0 bridgehead atoms. The molecule has 2 aromatic rings. The van der Waals surface area contributed by atoms with Crippen molar-refractivity contribution in [1.29, 1.82) is 0 Å². The molecule has 1 aliphatic rings. The molecule has 1 aromatic carbocycles. The minimum absolute atomic E-state index is 0.131. The molecule has 30 heavy (non-hydrogen) atoms. The maximum absolute atomic E-state index is 13.4. The number of hydrogen-bond acceptors (Lipinski definition) is 5. The Balaban J connectivity index is 1.84. The van der Waals surface area contributed by atoms with Crippen LogP contribution >= 0.6 is 11.3 Å². The van der Waals surface area contributed by atoms with Gasteiger partial charge in [-0.25, -0.2) is 14.2 Å². The molecule has 9 heteroatoms. The zero-order chi connectivity index (χ0) is 21.5. The van der Waals surface area contributed by atoms with E-state index in [4.69, 9.17) is 4.74 Å². The molecular formula is C21H25FN4O3S. The Labute approximate surface area is 179 Å². The van der Waals surface area contributed by atoms with E-state index < -0.39 is 0 Å². The maximum atomic E-state index is 13.4. The lowest BCUT2D eigenvalue weighted by Crippen LogP contribution is -2.47. The predicted molar refractivity (Wildman–Crippen MR) is 114 cm³/mol. The first kappa shape index (κ1) is 21.9. The second-order valence-electron chi connectivity index (χ2n) is 6.78. The van der Waals surface area contributed by atoms with Crippen LogP contribution in [0.1, 0.15) is 29.8 Å². The van der Waals surface area contributed by atoms with Gasteiger partial charge in [0.15, 0.2) is 0 Å². The number of urea groups is 1. The van der Waals surface area contributed by atoms with Gasteiger partial charge < -0.3 is 15.0 Å². The molecule has 0 spiro atoms. The van der Waals surface area contributed by atoms with Gasteiger partial charge in [-0.2, -0.15) is 5.10 Å². The van der Waals surface area contributed by atoms with Crippen LogP contribution in [0.15, 0.2) is 46.9 Å². The second-order valence-corrected chi connectivity index (χ2v) is 7.73. The Bertz CT molecular complexity index is 886. The van der Waals surface area contributed by atoms with Crippen molar-refractivity contribution in [1.82, 2.24) is 15.2 Å². The lowest BCUT2D eigenvalue weighted by atomic mass is 10.0. The summed E-state index contributed by atoms with van der Waals surface area (Å²) in [6.45, 7) is 2.74. The standard InChI is InChI=1S/C21H25FN4O3S/c1-3-23-21(28)25(10-11-29-2)14-20(27)26-18(15-6-8-16(22)9-7-15)13-17(24-26)19-5-4-12-30-19/h4-9,12,18H,3,10-11,13-14H2,1-2H3,(H,23,28)/t18-/m1/s1. The van der Waals surface area contributed by atoms with Crippen LogP contribution in [0.2, 0.25) is 0 Å². The van der Waals surface area contributed by atoms with Crippen LogP contribution in [0.25, 0.3) is 0 Å². The fourth-order valence-corrected chi connectivity index (χ4v) is 3.95. The minimum Gasteiger partial charge on any atom is -0.383 e. The molecular weight excluding hydrogens is 407 g/mol. The molecule has 0 aliphatic carbocycles. The molecule has 1 aliphatic heterocycles. The van der Waals surface area contributed by atoms with E-state index in [0.717, 1.165) is 16.2 Å². The van der Waals surface area contributed by atoms with Crippen molar-refractivity contribution in [2.45, 2.75) is 19.4 Å². The van der Waals surface area contributed by atoms with Gasteiger partial charge in [-0.15, -0.1) is 11.3 Å². The van der Waals surface area contributed by atoms with Gasteiger partial charge in [0.1, 0.15) is 12.4 Å².